The van der Waals surface area contributed by atoms with Gasteiger partial charge in [-0.3, -0.25) is 4.90 Å². The molecule has 0 aliphatic carbocycles. The van der Waals surface area contributed by atoms with E-state index in [4.69, 9.17) is 10.5 Å². The van der Waals surface area contributed by atoms with E-state index in [1.807, 2.05) is 0 Å². The maximum absolute atomic E-state index is 5.67. The van der Waals surface area contributed by atoms with Crippen LogP contribution in [0.15, 0.2) is 0 Å². The van der Waals surface area contributed by atoms with E-state index in [0.717, 1.165) is 52.4 Å². The zero-order valence-corrected chi connectivity index (χ0v) is 9.87. The first-order chi connectivity index (χ1) is 7.29. The van der Waals surface area contributed by atoms with Gasteiger partial charge in [0.05, 0.1) is 13.2 Å². The Kier molecular flexibility index (Phi) is 6.92. The smallest absolute Gasteiger partial charge is 0.0594 e. The number of hydrogen-bond acceptors (Lipinski definition) is 4. The van der Waals surface area contributed by atoms with Crippen LogP contribution in [0.2, 0.25) is 0 Å². The van der Waals surface area contributed by atoms with Crippen molar-refractivity contribution in [2.75, 3.05) is 45.9 Å². The van der Waals surface area contributed by atoms with Crippen LogP contribution in [0.3, 0.4) is 0 Å². The van der Waals surface area contributed by atoms with Crippen LogP contribution >= 0.6 is 0 Å². The summed E-state index contributed by atoms with van der Waals surface area (Å²) in [5, 5.41) is 3.45. The summed E-state index contributed by atoms with van der Waals surface area (Å²) in [5.74, 6) is 0. The molecule has 4 nitrogen and oxygen atoms in total. The van der Waals surface area contributed by atoms with Gasteiger partial charge in [-0.25, -0.2) is 0 Å². The second-order valence-corrected chi connectivity index (χ2v) is 4.32. The summed E-state index contributed by atoms with van der Waals surface area (Å²) in [6.45, 7) is 9.33. The molecule has 15 heavy (non-hydrogen) atoms. The number of nitrogens with one attached hydrogen (secondary N) is 1. The largest absolute Gasteiger partial charge is 0.379 e. The van der Waals surface area contributed by atoms with Crippen molar-refractivity contribution in [3.05, 3.63) is 0 Å². The molecule has 0 bridgehead atoms. The molecule has 1 fully saturated rings. The van der Waals surface area contributed by atoms with Crippen molar-refractivity contribution in [1.82, 2.24) is 10.2 Å². The van der Waals surface area contributed by atoms with E-state index in [-0.39, 0.29) is 0 Å². The van der Waals surface area contributed by atoms with Crippen molar-refractivity contribution in [1.29, 1.82) is 0 Å². The Labute approximate surface area is 93.1 Å². The van der Waals surface area contributed by atoms with Crippen LogP contribution in [-0.4, -0.2) is 56.9 Å². The quantitative estimate of drug-likeness (QED) is 0.589. The Bertz CT molecular complexity index is 147. The van der Waals surface area contributed by atoms with E-state index in [1.54, 1.807) is 0 Å². The second kappa shape index (κ2) is 8.05. The minimum absolute atomic E-state index is 0.339. The van der Waals surface area contributed by atoms with E-state index < -0.39 is 0 Å². The third-order valence-corrected chi connectivity index (χ3v) is 2.72. The molecular weight excluding hydrogens is 190 g/mol. The molecule has 0 aromatic heterocycles. The van der Waals surface area contributed by atoms with Gasteiger partial charge < -0.3 is 15.8 Å². The lowest BCUT2D eigenvalue weighted by Crippen LogP contribution is -2.40. The second-order valence-electron chi connectivity index (χ2n) is 4.32. The summed E-state index contributed by atoms with van der Waals surface area (Å²) >= 11 is 0. The van der Waals surface area contributed by atoms with Gasteiger partial charge in [0.1, 0.15) is 0 Å². The molecule has 90 valence electrons. The maximum Gasteiger partial charge on any atom is 0.0594 e. The fourth-order valence-electron chi connectivity index (χ4n) is 1.74. The molecule has 1 aliphatic heterocycles. The lowest BCUT2D eigenvalue weighted by Gasteiger charge is -2.26. The minimum Gasteiger partial charge on any atom is -0.379 e. The molecule has 1 aliphatic rings. The molecular formula is C11H25N3O. The number of hydrogen-bond donors (Lipinski definition) is 2. The minimum atomic E-state index is 0.339. The molecule has 3 N–H and O–H groups in total. The van der Waals surface area contributed by atoms with Gasteiger partial charge >= 0.3 is 0 Å². The summed E-state index contributed by atoms with van der Waals surface area (Å²) in [6.07, 6.45) is 2.30. The average molecular weight is 215 g/mol. The maximum atomic E-state index is 5.67. The number of nitrogens with zero attached hydrogens (tertiary/aromatic N) is 1. The molecule has 1 heterocycles. The topological polar surface area (TPSA) is 50.5 Å². The first-order valence-electron chi connectivity index (χ1n) is 6.05. The summed E-state index contributed by atoms with van der Waals surface area (Å²) < 4.78 is 5.29. The van der Waals surface area contributed by atoms with Gasteiger partial charge in [-0.05, 0) is 26.3 Å². The van der Waals surface area contributed by atoms with Crippen LogP contribution in [0.25, 0.3) is 0 Å². The molecule has 4 heteroatoms. The summed E-state index contributed by atoms with van der Waals surface area (Å²) in [4.78, 5) is 2.45. The normalized spacial score (nSPS) is 20.4. The Morgan fingerprint density at radius 1 is 1.33 bits per heavy atom. The van der Waals surface area contributed by atoms with Crippen LogP contribution in [0.5, 0.6) is 0 Å². The van der Waals surface area contributed by atoms with E-state index >= 15 is 0 Å². The van der Waals surface area contributed by atoms with Crippen molar-refractivity contribution in [3.8, 4) is 0 Å². The van der Waals surface area contributed by atoms with E-state index in [9.17, 15) is 0 Å². The Morgan fingerprint density at radius 3 is 2.73 bits per heavy atom. The number of morpholine rings is 1. The van der Waals surface area contributed by atoms with Gasteiger partial charge in [0.2, 0.25) is 0 Å². The van der Waals surface area contributed by atoms with Gasteiger partial charge in [-0.2, -0.15) is 0 Å². The van der Waals surface area contributed by atoms with Crippen LogP contribution < -0.4 is 11.1 Å². The molecule has 1 rings (SSSR count). The van der Waals surface area contributed by atoms with E-state index in [1.165, 1.54) is 6.42 Å². The average Bonchev–Trinajstić information content (AvgIpc) is 2.24. The Hall–Kier alpha value is -0.160. The summed E-state index contributed by atoms with van der Waals surface area (Å²) in [5.41, 5.74) is 5.67. The van der Waals surface area contributed by atoms with Crippen LogP contribution in [-0.2, 0) is 4.74 Å². The molecule has 0 aromatic rings. The first-order valence-corrected chi connectivity index (χ1v) is 6.05. The molecule has 1 atom stereocenters. The fourth-order valence-corrected chi connectivity index (χ4v) is 1.74. The van der Waals surface area contributed by atoms with Crippen LogP contribution in [0.1, 0.15) is 19.8 Å². The molecule has 0 saturated carbocycles. The van der Waals surface area contributed by atoms with E-state index in [2.05, 4.69) is 17.1 Å². The Morgan fingerprint density at radius 2 is 2.07 bits per heavy atom. The standard InChI is InChI=1S/C11H25N3O/c1-11(12)3-2-4-13-5-6-14-7-9-15-10-8-14/h11,13H,2-10,12H2,1H3. The summed E-state index contributed by atoms with van der Waals surface area (Å²) in [6, 6.07) is 0.339. The molecule has 0 radical (unpaired) electrons. The van der Waals surface area contributed by atoms with Gasteiger partial charge in [0.15, 0.2) is 0 Å². The third kappa shape index (κ3) is 6.84. The predicted molar refractivity (Wildman–Crippen MR) is 63.0 cm³/mol. The SMILES string of the molecule is CC(N)CCCNCCN1CCOCC1. The highest BCUT2D eigenvalue weighted by molar-refractivity contribution is 4.63. The molecule has 0 aromatic carbocycles. The molecule has 1 unspecified atom stereocenters. The van der Waals surface area contributed by atoms with Crippen molar-refractivity contribution >= 4 is 0 Å². The lowest BCUT2D eigenvalue weighted by molar-refractivity contribution is 0.0384. The van der Waals surface area contributed by atoms with Crippen LogP contribution in [0, 0.1) is 0 Å². The zero-order chi connectivity index (χ0) is 10.9. The highest BCUT2D eigenvalue weighted by atomic mass is 16.5. The van der Waals surface area contributed by atoms with Gasteiger partial charge in [0, 0.05) is 32.2 Å². The molecule has 0 amide bonds. The number of rotatable bonds is 7. The fraction of sp³-hybridized carbons (Fsp3) is 1.00. The number of nitrogens with two attached hydrogens (primary N) is 1. The Balaban J connectivity index is 1.83. The molecule has 1 saturated heterocycles. The van der Waals surface area contributed by atoms with Crippen molar-refractivity contribution < 1.29 is 4.74 Å². The van der Waals surface area contributed by atoms with Gasteiger partial charge in [0.25, 0.3) is 0 Å². The predicted octanol–water partition coefficient (Wildman–Crippen LogP) is 0.0356. The van der Waals surface area contributed by atoms with Crippen molar-refractivity contribution in [3.63, 3.8) is 0 Å². The monoisotopic (exact) mass is 215 g/mol. The number of ether oxygens (including phenoxy) is 1. The summed E-state index contributed by atoms with van der Waals surface area (Å²) in [7, 11) is 0. The van der Waals surface area contributed by atoms with Crippen molar-refractivity contribution in [2.24, 2.45) is 5.73 Å². The van der Waals surface area contributed by atoms with Crippen LogP contribution in [0.4, 0.5) is 0 Å². The zero-order valence-electron chi connectivity index (χ0n) is 9.87. The highest BCUT2D eigenvalue weighted by Crippen LogP contribution is 1.95. The van der Waals surface area contributed by atoms with Gasteiger partial charge in [-0.15, -0.1) is 0 Å². The molecule has 0 spiro atoms. The first kappa shape index (κ1) is 12.9. The third-order valence-electron chi connectivity index (χ3n) is 2.72. The van der Waals surface area contributed by atoms with E-state index in [0.29, 0.717) is 6.04 Å². The highest BCUT2D eigenvalue weighted by Gasteiger charge is 2.08. The van der Waals surface area contributed by atoms with Crippen molar-refractivity contribution in [2.45, 2.75) is 25.8 Å². The van der Waals surface area contributed by atoms with Gasteiger partial charge in [-0.1, -0.05) is 0 Å². The lowest BCUT2D eigenvalue weighted by atomic mass is 10.2.